The van der Waals surface area contributed by atoms with Gasteiger partial charge in [0.2, 0.25) is 5.69 Å². The molecule has 0 aliphatic carbocycles. The lowest BCUT2D eigenvalue weighted by Crippen LogP contribution is -2.08. The van der Waals surface area contributed by atoms with E-state index in [-0.39, 0.29) is 0 Å². The van der Waals surface area contributed by atoms with E-state index in [4.69, 9.17) is 10.2 Å². The molecule has 1 heterocycles. The van der Waals surface area contributed by atoms with E-state index < -0.39 is 40.0 Å². The minimum absolute atomic E-state index is 0.429. The van der Waals surface area contributed by atoms with E-state index in [1.807, 2.05) is 0 Å². The third kappa shape index (κ3) is 1.87. The van der Waals surface area contributed by atoms with Gasteiger partial charge in [0.05, 0.1) is 11.1 Å². The molecule has 1 aromatic rings. The number of alkyl halides is 2. The summed E-state index contributed by atoms with van der Waals surface area (Å²) in [5, 5.41) is 28.0. The van der Waals surface area contributed by atoms with Crippen molar-refractivity contribution in [1.82, 2.24) is 4.98 Å². The van der Waals surface area contributed by atoms with Gasteiger partial charge in [-0.1, -0.05) is 0 Å². The Hall–Kier alpha value is -2.32. The van der Waals surface area contributed by atoms with Crippen LogP contribution in [0.1, 0.15) is 22.5 Å². The standard InChI is InChI=1S/C7H4F2N2O5/c8-6(9)3-2(12)1-10-4(7(13)14)5(3)11(15)16/h1,6,12H,(H,13,14). The maximum atomic E-state index is 12.4. The van der Waals surface area contributed by atoms with Crippen LogP contribution in [-0.4, -0.2) is 26.1 Å². The molecule has 2 N–H and O–H groups in total. The molecule has 0 bridgehead atoms. The molecule has 86 valence electrons. The third-order valence-electron chi connectivity index (χ3n) is 1.67. The zero-order chi connectivity index (χ0) is 12.5. The number of nitrogens with zero attached hydrogens (tertiary/aromatic N) is 2. The summed E-state index contributed by atoms with van der Waals surface area (Å²) in [4.78, 5) is 22.7. The molecule has 0 atom stereocenters. The summed E-state index contributed by atoms with van der Waals surface area (Å²) in [6.07, 6.45) is -2.95. The van der Waals surface area contributed by atoms with Crippen molar-refractivity contribution in [2.75, 3.05) is 0 Å². The van der Waals surface area contributed by atoms with Crippen LogP contribution in [0, 0.1) is 10.1 Å². The van der Waals surface area contributed by atoms with Crippen LogP contribution in [0.15, 0.2) is 6.20 Å². The van der Waals surface area contributed by atoms with Crippen LogP contribution < -0.4 is 0 Å². The number of nitro groups is 1. The van der Waals surface area contributed by atoms with Gasteiger partial charge in [-0.3, -0.25) is 10.1 Å². The Bertz CT molecular complexity index is 462. The first kappa shape index (κ1) is 11.8. The quantitative estimate of drug-likeness (QED) is 0.602. The van der Waals surface area contributed by atoms with Gasteiger partial charge in [0.1, 0.15) is 11.3 Å². The minimum atomic E-state index is -3.37. The van der Waals surface area contributed by atoms with Crippen molar-refractivity contribution in [3.8, 4) is 5.75 Å². The summed E-state index contributed by atoms with van der Waals surface area (Å²) < 4.78 is 24.8. The van der Waals surface area contributed by atoms with E-state index in [0.717, 1.165) is 0 Å². The molecule has 0 radical (unpaired) electrons. The van der Waals surface area contributed by atoms with Gasteiger partial charge in [-0.2, -0.15) is 0 Å². The van der Waals surface area contributed by atoms with Crippen LogP contribution >= 0.6 is 0 Å². The number of halogens is 2. The van der Waals surface area contributed by atoms with Crippen molar-refractivity contribution in [3.63, 3.8) is 0 Å². The number of aromatic carboxylic acids is 1. The topological polar surface area (TPSA) is 114 Å². The molecule has 0 spiro atoms. The van der Waals surface area contributed by atoms with Gasteiger partial charge < -0.3 is 10.2 Å². The average Bonchev–Trinajstić information content (AvgIpc) is 2.15. The van der Waals surface area contributed by atoms with Crippen molar-refractivity contribution < 1.29 is 28.7 Å². The van der Waals surface area contributed by atoms with E-state index in [2.05, 4.69) is 4.98 Å². The molecular formula is C7H4F2N2O5. The molecule has 0 unspecified atom stereocenters. The minimum Gasteiger partial charge on any atom is -0.506 e. The number of aromatic hydroxyl groups is 1. The van der Waals surface area contributed by atoms with Crippen LogP contribution in [0.2, 0.25) is 0 Å². The number of aromatic nitrogens is 1. The van der Waals surface area contributed by atoms with Crippen molar-refractivity contribution in [2.45, 2.75) is 6.43 Å². The Balaban J connectivity index is 3.63. The van der Waals surface area contributed by atoms with Crippen LogP contribution in [0.4, 0.5) is 14.5 Å². The van der Waals surface area contributed by atoms with Gasteiger partial charge in [0.15, 0.2) is 0 Å². The molecule has 0 aliphatic rings. The smallest absolute Gasteiger partial charge is 0.361 e. The fraction of sp³-hybridized carbons (Fsp3) is 0.143. The molecule has 9 heteroatoms. The van der Waals surface area contributed by atoms with Crippen LogP contribution in [0.3, 0.4) is 0 Å². The molecule has 0 fully saturated rings. The van der Waals surface area contributed by atoms with Crippen LogP contribution in [-0.2, 0) is 0 Å². The Labute approximate surface area is 86.1 Å². The molecule has 0 aromatic carbocycles. The largest absolute Gasteiger partial charge is 0.506 e. The summed E-state index contributed by atoms with van der Waals surface area (Å²) in [5.41, 5.74) is -3.89. The number of rotatable bonds is 3. The van der Waals surface area contributed by atoms with Gasteiger partial charge in [0, 0.05) is 0 Å². The number of hydrogen-bond acceptors (Lipinski definition) is 5. The van der Waals surface area contributed by atoms with E-state index in [1.54, 1.807) is 0 Å². The Morgan fingerprint density at radius 3 is 2.50 bits per heavy atom. The lowest BCUT2D eigenvalue weighted by Gasteiger charge is -2.05. The summed E-state index contributed by atoms with van der Waals surface area (Å²) in [5.74, 6) is -2.94. The fourth-order valence-electron chi connectivity index (χ4n) is 1.06. The first-order valence-electron chi connectivity index (χ1n) is 3.74. The molecule has 0 saturated carbocycles. The van der Waals surface area contributed by atoms with Gasteiger partial charge >= 0.3 is 11.7 Å². The summed E-state index contributed by atoms with van der Waals surface area (Å²) in [6.45, 7) is 0. The number of carboxylic acid groups (broad SMARTS) is 1. The van der Waals surface area contributed by atoms with Crippen LogP contribution in [0.25, 0.3) is 0 Å². The Kier molecular flexibility index (Phi) is 2.97. The zero-order valence-electron chi connectivity index (χ0n) is 7.42. The number of pyridine rings is 1. The first-order valence-corrected chi connectivity index (χ1v) is 3.74. The maximum Gasteiger partial charge on any atom is 0.361 e. The maximum absolute atomic E-state index is 12.4. The second kappa shape index (κ2) is 4.04. The molecule has 0 aliphatic heterocycles. The van der Waals surface area contributed by atoms with Gasteiger partial charge in [-0.05, 0) is 0 Å². The van der Waals surface area contributed by atoms with E-state index in [1.165, 1.54) is 0 Å². The van der Waals surface area contributed by atoms with E-state index in [9.17, 15) is 23.7 Å². The highest BCUT2D eigenvalue weighted by Gasteiger charge is 2.33. The summed E-state index contributed by atoms with van der Waals surface area (Å²) >= 11 is 0. The summed E-state index contributed by atoms with van der Waals surface area (Å²) in [6, 6.07) is 0. The number of carbonyl (C=O) groups is 1. The van der Waals surface area contributed by atoms with Gasteiger partial charge in [0.25, 0.3) is 6.43 Å². The molecule has 0 saturated heterocycles. The molecule has 1 rings (SSSR count). The molecular weight excluding hydrogens is 230 g/mol. The van der Waals surface area contributed by atoms with Gasteiger partial charge in [-0.15, -0.1) is 0 Å². The Morgan fingerprint density at radius 1 is 1.56 bits per heavy atom. The third-order valence-corrected chi connectivity index (χ3v) is 1.67. The molecule has 0 amide bonds. The van der Waals surface area contributed by atoms with Crippen molar-refractivity contribution in [3.05, 3.63) is 27.6 Å². The highest BCUT2D eigenvalue weighted by molar-refractivity contribution is 5.91. The SMILES string of the molecule is O=C(O)c1ncc(O)c(C(F)F)c1[N+](=O)[O-]. The Morgan fingerprint density at radius 2 is 2.12 bits per heavy atom. The van der Waals surface area contributed by atoms with Crippen molar-refractivity contribution in [1.29, 1.82) is 0 Å². The predicted octanol–water partition coefficient (Wildman–Crippen LogP) is 1.33. The van der Waals surface area contributed by atoms with Crippen molar-refractivity contribution >= 4 is 11.7 Å². The second-order valence-electron chi connectivity index (χ2n) is 2.62. The second-order valence-corrected chi connectivity index (χ2v) is 2.62. The monoisotopic (exact) mass is 234 g/mol. The lowest BCUT2D eigenvalue weighted by atomic mass is 10.1. The van der Waals surface area contributed by atoms with E-state index >= 15 is 0 Å². The van der Waals surface area contributed by atoms with Gasteiger partial charge in [-0.25, -0.2) is 18.6 Å². The fourth-order valence-corrected chi connectivity index (χ4v) is 1.06. The zero-order valence-corrected chi connectivity index (χ0v) is 7.42. The van der Waals surface area contributed by atoms with E-state index in [0.29, 0.717) is 6.20 Å². The average molecular weight is 234 g/mol. The highest BCUT2D eigenvalue weighted by atomic mass is 19.3. The number of carboxylic acids is 1. The lowest BCUT2D eigenvalue weighted by molar-refractivity contribution is -0.387. The highest BCUT2D eigenvalue weighted by Crippen LogP contribution is 2.37. The summed E-state index contributed by atoms with van der Waals surface area (Å²) in [7, 11) is 0. The number of hydrogen-bond donors (Lipinski definition) is 2. The molecule has 1 aromatic heterocycles. The predicted molar refractivity (Wildman–Crippen MR) is 44.5 cm³/mol. The molecule has 7 nitrogen and oxygen atoms in total. The van der Waals surface area contributed by atoms with Crippen molar-refractivity contribution in [2.24, 2.45) is 0 Å². The first-order chi connectivity index (χ1) is 7.36. The normalized spacial score (nSPS) is 10.4. The van der Waals surface area contributed by atoms with Crippen LogP contribution in [0.5, 0.6) is 5.75 Å². The molecule has 16 heavy (non-hydrogen) atoms.